The van der Waals surface area contributed by atoms with Crippen LogP contribution in [0, 0.1) is 5.92 Å². The minimum absolute atomic E-state index is 0.426. The SMILES string of the molecule is CCCCCC[C@@H]1CC[C@@H]2CCCC[C@@]23CC[C@H](CO)[NH+]13. The quantitative estimate of drug-likeness (QED) is 0.723. The third-order valence-corrected chi connectivity index (χ3v) is 7.09. The molecule has 2 saturated heterocycles. The highest BCUT2D eigenvalue weighted by Gasteiger charge is 2.59. The van der Waals surface area contributed by atoms with Crippen molar-refractivity contribution in [2.24, 2.45) is 5.92 Å². The molecule has 0 bridgehead atoms. The van der Waals surface area contributed by atoms with Gasteiger partial charge in [0.05, 0.1) is 12.6 Å². The molecular weight excluding hydrogens is 258 g/mol. The molecular formula is C19H36NO+. The molecule has 0 amide bonds. The van der Waals surface area contributed by atoms with Crippen LogP contribution in [0.5, 0.6) is 0 Å². The van der Waals surface area contributed by atoms with E-state index < -0.39 is 0 Å². The van der Waals surface area contributed by atoms with Gasteiger partial charge in [0.15, 0.2) is 0 Å². The van der Waals surface area contributed by atoms with E-state index in [1.165, 1.54) is 83.5 Å². The maximum absolute atomic E-state index is 9.90. The van der Waals surface area contributed by atoms with Crippen molar-refractivity contribution in [1.82, 2.24) is 0 Å². The molecule has 3 fully saturated rings. The molecule has 2 N–H and O–H groups in total. The number of piperidine rings is 1. The summed E-state index contributed by atoms with van der Waals surface area (Å²) in [6.45, 7) is 2.73. The number of hydrogen-bond donors (Lipinski definition) is 2. The van der Waals surface area contributed by atoms with Crippen LogP contribution < -0.4 is 4.90 Å². The van der Waals surface area contributed by atoms with E-state index in [4.69, 9.17) is 0 Å². The van der Waals surface area contributed by atoms with Gasteiger partial charge in [-0.3, -0.25) is 0 Å². The number of aliphatic hydroxyl groups is 1. The summed E-state index contributed by atoms with van der Waals surface area (Å²) in [6.07, 6.45) is 18.4. The summed E-state index contributed by atoms with van der Waals surface area (Å²) in [4.78, 5) is 1.87. The summed E-state index contributed by atoms with van der Waals surface area (Å²) in [5, 5.41) is 9.90. The van der Waals surface area contributed by atoms with Crippen LogP contribution in [0.2, 0.25) is 0 Å². The second-order valence-corrected chi connectivity index (χ2v) is 8.10. The minimum atomic E-state index is 0.426. The molecule has 1 saturated carbocycles. The van der Waals surface area contributed by atoms with Crippen LogP contribution in [0.1, 0.15) is 90.4 Å². The average molecular weight is 295 g/mol. The Hall–Kier alpha value is -0.0800. The fourth-order valence-electron chi connectivity index (χ4n) is 6.18. The highest BCUT2D eigenvalue weighted by Crippen LogP contribution is 2.43. The zero-order valence-corrected chi connectivity index (χ0v) is 14.1. The molecule has 1 aliphatic carbocycles. The van der Waals surface area contributed by atoms with E-state index in [1.807, 2.05) is 4.90 Å². The van der Waals surface area contributed by atoms with Gasteiger partial charge in [-0.05, 0) is 38.5 Å². The standard InChI is InChI=1S/C19H35NO/c1-2-3-4-5-9-17-11-10-16-8-6-7-13-19(16)14-12-18(15-21)20(17)19/h16-18,21H,2-15H2,1H3/p+1/t16-,17+,18+,19+/m0/s1. The molecule has 5 atom stereocenters. The van der Waals surface area contributed by atoms with Crippen molar-refractivity contribution in [1.29, 1.82) is 0 Å². The minimum Gasteiger partial charge on any atom is -0.390 e. The summed E-state index contributed by atoms with van der Waals surface area (Å²) in [6, 6.07) is 1.41. The van der Waals surface area contributed by atoms with Gasteiger partial charge in [0, 0.05) is 25.2 Å². The fraction of sp³-hybridized carbons (Fsp3) is 1.00. The Labute approximate surface area is 131 Å². The molecule has 3 aliphatic rings. The molecule has 21 heavy (non-hydrogen) atoms. The van der Waals surface area contributed by atoms with Gasteiger partial charge in [-0.1, -0.05) is 32.6 Å². The van der Waals surface area contributed by atoms with Crippen LogP contribution in [0.25, 0.3) is 0 Å². The van der Waals surface area contributed by atoms with E-state index in [9.17, 15) is 5.11 Å². The maximum Gasteiger partial charge on any atom is 0.112 e. The molecule has 122 valence electrons. The second-order valence-electron chi connectivity index (χ2n) is 8.10. The monoisotopic (exact) mass is 294 g/mol. The summed E-state index contributed by atoms with van der Waals surface area (Å²) in [5.41, 5.74) is 0.583. The number of rotatable bonds is 6. The van der Waals surface area contributed by atoms with Crippen LogP contribution in [0.3, 0.4) is 0 Å². The zero-order valence-electron chi connectivity index (χ0n) is 14.1. The first kappa shape index (κ1) is 15.8. The van der Waals surface area contributed by atoms with Gasteiger partial charge in [0.2, 0.25) is 0 Å². The fourth-order valence-corrected chi connectivity index (χ4v) is 6.18. The predicted molar refractivity (Wildman–Crippen MR) is 87.5 cm³/mol. The molecule has 0 aromatic heterocycles. The Morgan fingerprint density at radius 1 is 0.952 bits per heavy atom. The summed E-state index contributed by atoms with van der Waals surface area (Å²) < 4.78 is 0. The van der Waals surface area contributed by atoms with Crippen molar-refractivity contribution in [3.63, 3.8) is 0 Å². The molecule has 2 aliphatic heterocycles. The lowest BCUT2D eigenvalue weighted by Crippen LogP contribution is -3.26. The van der Waals surface area contributed by atoms with Crippen molar-refractivity contribution >= 4 is 0 Å². The Kier molecular flexibility index (Phi) is 5.27. The molecule has 0 aromatic rings. The topological polar surface area (TPSA) is 24.7 Å². The molecule has 0 radical (unpaired) electrons. The molecule has 3 rings (SSSR count). The van der Waals surface area contributed by atoms with E-state index in [0.29, 0.717) is 18.2 Å². The van der Waals surface area contributed by atoms with Crippen molar-refractivity contribution < 1.29 is 10.0 Å². The van der Waals surface area contributed by atoms with Crippen LogP contribution in [0.4, 0.5) is 0 Å². The first-order valence-corrected chi connectivity index (χ1v) is 9.80. The highest BCUT2D eigenvalue weighted by atomic mass is 16.3. The third-order valence-electron chi connectivity index (χ3n) is 7.09. The molecule has 1 spiro atoms. The number of nitrogens with one attached hydrogen (secondary N) is 1. The van der Waals surface area contributed by atoms with Gasteiger partial charge in [-0.2, -0.15) is 0 Å². The normalized spacial score (nSPS) is 42.6. The van der Waals surface area contributed by atoms with Crippen LogP contribution >= 0.6 is 0 Å². The Morgan fingerprint density at radius 2 is 1.86 bits per heavy atom. The van der Waals surface area contributed by atoms with E-state index in [0.717, 1.165) is 12.0 Å². The summed E-state index contributed by atoms with van der Waals surface area (Å²) in [7, 11) is 0. The van der Waals surface area contributed by atoms with Crippen molar-refractivity contribution in [2.45, 2.75) is 108 Å². The van der Waals surface area contributed by atoms with Gasteiger partial charge in [0.25, 0.3) is 0 Å². The summed E-state index contributed by atoms with van der Waals surface area (Å²) >= 11 is 0. The van der Waals surface area contributed by atoms with Crippen molar-refractivity contribution in [2.75, 3.05) is 6.61 Å². The average Bonchev–Trinajstić information content (AvgIpc) is 2.90. The smallest absolute Gasteiger partial charge is 0.112 e. The van der Waals surface area contributed by atoms with E-state index in [1.54, 1.807) is 0 Å². The van der Waals surface area contributed by atoms with Crippen molar-refractivity contribution in [3.8, 4) is 0 Å². The lowest BCUT2D eigenvalue weighted by molar-refractivity contribution is -0.996. The van der Waals surface area contributed by atoms with E-state index in [2.05, 4.69) is 6.92 Å². The maximum atomic E-state index is 9.90. The molecule has 1 unspecified atom stereocenters. The Balaban J connectivity index is 1.70. The number of quaternary nitrogens is 1. The third kappa shape index (κ3) is 2.91. The zero-order chi connectivity index (χ0) is 14.7. The van der Waals surface area contributed by atoms with E-state index >= 15 is 0 Å². The lowest BCUT2D eigenvalue weighted by Gasteiger charge is -2.53. The largest absolute Gasteiger partial charge is 0.390 e. The van der Waals surface area contributed by atoms with Crippen molar-refractivity contribution in [3.05, 3.63) is 0 Å². The van der Waals surface area contributed by atoms with Gasteiger partial charge in [-0.25, -0.2) is 0 Å². The molecule has 0 aromatic carbocycles. The van der Waals surface area contributed by atoms with E-state index in [-0.39, 0.29) is 0 Å². The first-order chi connectivity index (χ1) is 10.3. The van der Waals surface area contributed by atoms with Crippen LogP contribution in [0.15, 0.2) is 0 Å². The highest BCUT2D eigenvalue weighted by molar-refractivity contribution is 4.98. The van der Waals surface area contributed by atoms with Crippen LogP contribution in [-0.4, -0.2) is 29.3 Å². The molecule has 2 nitrogen and oxygen atoms in total. The second kappa shape index (κ2) is 7.00. The summed E-state index contributed by atoms with van der Waals surface area (Å²) in [5.74, 6) is 0.977. The molecule has 2 heteroatoms. The lowest BCUT2D eigenvalue weighted by atomic mass is 9.66. The van der Waals surface area contributed by atoms with Gasteiger partial charge < -0.3 is 10.0 Å². The number of aliphatic hydroxyl groups excluding tert-OH is 1. The van der Waals surface area contributed by atoms with Gasteiger partial charge >= 0.3 is 0 Å². The number of unbranched alkanes of at least 4 members (excludes halogenated alkanes) is 3. The van der Waals surface area contributed by atoms with Gasteiger partial charge in [-0.15, -0.1) is 0 Å². The Bertz CT molecular complexity index is 332. The van der Waals surface area contributed by atoms with Gasteiger partial charge in [0.1, 0.15) is 11.6 Å². The predicted octanol–water partition coefficient (Wildman–Crippen LogP) is 3.09. The first-order valence-electron chi connectivity index (χ1n) is 9.80. The Morgan fingerprint density at radius 3 is 2.67 bits per heavy atom. The van der Waals surface area contributed by atoms with Crippen LogP contribution in [-0.2, 0) is 0 Å². The molecule has 2 heterocycles. The number of hydrogen-bond acceptors (Lipinski definition) is 1.